The van der Waals surface area contributed by atoms with Crippen molar-refractivity contribution in [1.82, 2.24) is 14.4 Å². The maximum absolute atomic E-state index is 9.47. The van der Waals surface area contributed by atoms with E-state index < -0.39 is 0 Å². The van der Waals surface area contributed by atoms with Gasteiger partial charge >= 0.3 is 0 Å². The number of benzene rings is 2. The highest BCUT2D eigenvalue weighted by molar-refractivity contribution is 5.66. The average molecular weight is 414 g/mol. The molecule has 1 aliphatic carbocycles. The molecular formula is C26H27N3O2. The van der Waals surface area contributed by atoms with Gasteiger partial charge in [0.2, 0.25) is 0 Å². The maximum atomic E-state index is 9.47. The quantitative estimate of drug-likeness (QED) is 0.469. The van der Waals surface area contributed by atoms with Crippen molar-refractivity contribution in [3.63, 3.8) is 0 Å². The fourth-order valence-corrected chi connectivity index (χ4v) is 4.55. The first-order valence-corrected chi connectivity index (χ1v) is 11.0. The molecule has 0 unspecified atom stereocenters. The Morgan fingerprint density at radius 1 is 1.00 bits per heavy atom. The van der Waals surface area contributed by atoms with Crippen molar-refractivity contribution in [2.75, 3.05) is 6.61 Å². The summed E-state index contributed by atoms with van der Waals surface area (Å²) in [7, 11) is 0. The zero-order valence-electron chi connectivity index (χ0n) is 17.5. The highest BCUT2D eigenvalue weighted by atomic mass is 16.5. The van der Waals surface area contributed by atoms with Crippen molar-refractivity contribution in [2.45, 2.75) is 38.2 Å². The summed E-state index contributed by atoms with van der Waals surface area (Å²) in [5, 5.41) is 9.47. The van der Waals surface area contributed by atoms with Crippen molar-refractivity contribution in [3.05, 3.63) is 84.4 Å². The SMILES string of the molecule is OCC1CCC(c2nc(-c3cccc(OCc4ccccc4)c3)n3ccncc23)CC1. The number of hydrogen-bond donors (Lipinski definition) is 1. The monoisotopic (exact) mass is 413 g/mol. The molecule has 0 amide bonds. The van der Waals surface area contributed by atoms with Gasteiger partial charge in [0.05, 0.1) is 17.4 Å². The van der Waals surface area contributed by atoms with Gasteiger partial charge in [0.25, 0.3) is 0 Å². The van der Waals surface area contributed by atoms with Crippen LogP contribution in [0, 0.1) is 5.92 Å². The van der Waals surface area contributed by atoms with Crippen molar-refractivity contribution in [1.29, 1.82) is 0 Å². The number of fused-ring (bicyclic) bond motifs is 1. The van der Waals surface area contributed by atoms with E-state index in [-0.39, 0.29) is 0 Å². The van der Waals surface area contributed by atoms with E-state index >= 15 is 0 Å². The van der Waals surface area contributed by atoms with Gasteiger partial charge in [-0.1, -0.05) is 42.5 Å². The number of hydrogen-bond acceptors (Lipinski definition) is 4. The summed E-state index contributed by atoms with van der Waals surface area (Å²) in [6.45, 7) is 0.829. The second-order valence-corrected chi connectivity index (χ2v) is 8.35. The van der Waals surface area contributed by atoms with Crippen molar-refractivity contribution >= 4 is 5.52 Å². The Kier molecular flexibility index (Phi) is 5.67. The van der Waals surface area contributed by atoms with E-state index in [1.165, 1.54) is 0 Å². The third-order valence-electron chi connectivity index (χ3n) is 6.31. The van der Waals surface area contributed by atoms with Gasteiger partial charge in [0.1, 0.15) is 18.2 Å². The Balaban J connectivity index is 1.44. The molecule has 4 aromatic rings. The fraction of sp³-hybridized carbons (Fsp3) is 0.308. The third kappa shape index (κ3) is 4.19. The van der Waals surface area contributed by atoms with E-state index in [1.54, 1.807) is 6.20 Å². The lowest BCUT2D eigenvalue weighted by Gasteiger charge is -2.26. The van der Waals surface area contributed by atoms with Crippen molar-refractivity contribution in [3.8, 4) is 17.1 Å². The second-order valence-electron chi connectivity index (χ2n) is 8.35. The summed E-state index contributed by atoms with van der Waals surface area (Å²) in [5.74, 6) is 2.59. The van der Waals surface area contributed by atoms with Crippen LogP contribution in [0.1, 0.15) is 42.9 Å². The first kappa shape index (κ1) is 19.8. The summed E-state index contributed by atoms with van der Waals surface area (Å²) in [4.78, 5) is 9.46. The van der Waals surface area contributed by atoms with Gasteiger partial charge in [-0.2, -0.15) is 0 Å². The molecule has 5 rings (SSSR count). The number of rotatable bonds is 6. The molecule has 1 aliphatic rings. The van der Waals surface area contributed by atoms with Crippen LogP contribution < -0.4 is 4.74 Å². The summed E-state index contributed by atoms with van der Waals surface area (Å²) < 4.78 is 8.18. The van der Waals surface area contributed by atoms with Crippen LogP contribution >= 0.6 is 0 Å². The van der Waals surface area contributed by atoms with E-state index in [0.29, 0.717) is 25.0 Å². The minimum atomic E-state index is 0.291. The Bertz CT molecular complexity index is 1150. The molecule has 0 aliphatic heterocycles. The van der Waals surface area contributed by atoms with Crippen LogP contribution in [0.25, 0.3) is 16.9 Å². The lowest BCUT2D eigenvalue weighted by Crippen LogP contribution is -2.16. The van der Waals surface area contributed by atoms with Crippen LogP contribution in [0.4, 0.5) is 0 Å². The molecule has 2 aromatic heterocycles. The zero-order chi connectivity index (χ0) is 21.0. The largest absolute Gasteiger partial charge is 0.489 e. The Morgan fingerprint density at radius 2 is 1.84 bits per heavy atom. The summed E-state index contributed by atoms with van der Waals surface area (Å²) >= 11 is 0. The van der Waals surface area contributed by atoms with Gasteiger partial charge < -0.3 is 9.84 Å². The molecule has 0 radical (unpaired) electrons. The minimum absolute atomic E-state index is 0.291. The smallest absolute Gasteiger partial charge is 0.145 e. The van der Waals surface area contributed by atoms with Crippen molar-refractivity contribution in [2.24, 2.45) is 5.92 Å². The number of ether oxygens (including phenoxy) is 1. The topological polar surface area (TPSA) is 59.7 Å². The lowest BCUT2D eigenvalue weighted by atomic mass is 9.81. The molecule has 2 heterocycles. The molecule has 2 aromatic carbocycles. The molecule has 1 fully saturated rings. The number of imidazole rings is 1. The first-order chi connectivity index (χ1) is 15.3. The Morgan fingerprint density at radius 3 is 2.65 bits per heavy atom. The summed E-state index contributed by atoms with van der Waals surface area (Å²) in [5.41, 5.74) is 4.36. The predicted molar refractivity (Wildman–Crippen MR) is 121 cm³/mol. The van der Waals surface area contributed by atoms with Crippen LogP contribution in [-0.2, 0) is 6.61 Å². The van der Waals surface area contributed by atoms with Gasteiger partial charge in [-0.3, -0.25) is 9.38 Å². The number of aliphatic hydroxyl groups is 1. The molecule has 1 N–H and O–H groups in total. The van der Waals surface area contributed by atoms with E-state index in [2.05, 4.69) is 33.7 Å². The first-order valence-electron chi connectivity index (χ1n) is 11.0. The lowest BCUT2D eigenvalue weighted by molar-refractivity contribution is 0.182. The van der Waals surface area contributed by atoms with E-state index in [1.807, 2.05) is 42.7 Å². The standard InChI is InChI=1S/C26H27N3O2/c30-17-19-9-11-21(12-10-19)25-24-16-27-13-14-29(24)26(28-25)22-7-4-8-23(15-22)31-18-20-5-2-1-3-6-20/h1-8,13-16,19,21,30H,9-12,17-18H2. The van der Waals surface area contributed by atoms with Gasteiger partial charge in [0, 0.05) is 30.5 Å². The number of aliphatic hydroxyl groups excluding tert-OH is 1. The van der Waals surface area contributed by atoms with E-state index in [9.17, 15) is 5.11 Å². The summed E-state index contributed by atoms with van der Waals surface area (Å²) in [6, 6.07) is 18.3. The van der Waals surface area contributed by atoms with E-state index in [0.717, 1.165) is 59.6 Å². The molecule has 5 heteroatoms. The van der Waals surface area contributed by atoms with Gasteiger partial charge in [-0.15, -0.1) is 0 Å². The van der Waals surface area contributed by atoms with Gasteiger partial charge in [-0.05, 0) is 49.3 Å². The maximum Gasteiger partial charge on any atom is 0.145 e. The van der Waals surface area contributed by atoms with Crippen LogP contribution in [-0.4, -0.2) is 26.1 Å². The van der Waals surface area contributed by atoms with E-state index in [4.69, 9.17) is 9.72 Å². The highest BCUT2D eigenvalue weighted by Crippen LogP contribution is 2.38. The normalized spacial score (nSPS) is 18.9. The molecular weight excluding hydrogens is 386 g/mol. The Hall–Kier alpha value is -3.18. The van der Waals surface area contributed by atoms with Crippen LogP contribution in [0.2, 0.25) is 0 Å². The van der Waals surface area contributed by atoms with Gasteiger partial charge in [-0.25, -0.2) is 4.98 Å². The molecule has 0 saturated heterocycles. The molecule has 5 nitrogen and oxygen atoms in total. The average Bonchev–Trinajstić information content (AvgIpc) is 3.23. The Labute approximate surface area is 182 Å². The zero-order valence-corrected chi connectivity index (χ0v) is 17.5. The van der Waals surface area contributed by atoms with Crippen LogP contribution in [0.15, 0.2) is 73.2 Å². The second kappa shape index (κ2) is 8.90. The summed E-state index contributed by atoms with van der Waals surface area (Å²) in [6.07, 6.45) is 9.94. The van der Waals surface area contributed by atoms with Crippen LogP contribution in [0.5, 0.6) is 5.75 Å². The molecule has 0 spiro atoms. The minimum Gasteiger partial charge on any atom is -0.489 e. The fourth-order valence-electron chi connectivity index (χ4n) is 4.55. The predicted octanol–water partition coefficient (Wildman–Crippen LogP) is 5.24. The number of aromatic nitrogens is 3. The third-order valence-corrected chi connectivity index (χ3v) is 6.31. The molecule has 0 atom stereocenters. The molecule has 31 heavy (non-hydrogen) atoms. The highest BCUT2D eigenvalue weighted by Gasteiger charge is 2.26. The molecule has 0 bridgehead atoms. The van der Waals surface area contributed by atoms with Crippen molar-refractivity contribution < 1.29 is 9.84 Å². The van der Waals surface area contributed by atoms with Gasteiger partial charge in [0.15, 0.2) is 0 Å². The number of nitrogens with zero attached hydrogens (tertiary/aromatic N) is 3. The molecule has 1 saturated carbocycles. The molecule has 158 valence electrons. The van der Waals surface area contributed by atoms with Crippen LogP contribution in [0.3, 0.4) is 0 Å².